The lowest BCUT2D eigenvalue weighted by Gasteiger charge is -2.15. The zero-order chi connectivity index (χ0) is 14.1. The average molecular weight is 281 g/mol. The van der Waals surface area contributed by atoms with Gasteiger partial charge in [0, 0.05) is 6.54 Å². The molecule has 1 aromatic carbocycles. The monoisotopic (exact) mass is 281 g/mol. The van der Waals surface area contributed by atoms with Crippen molar-refractivity contribution in [2.75, 3.05) is 39.1 Å². The highest BCUT2D eigenvalue weighted by Gasteiger charge is 2.03. The molecule has 0 heterocycles. The molecule has 0 atom stereocenters. The van der Waals surface area contributed by atoms with Crippen LogP contribution in [-0.4, -0.2) is 43.8 Å². The number of nitrogens with zero attached hydrogens (tertiary/aromatic N) is 1. The molecule has 0 amide bonds. The summed E-state index contributed by atoms with van der Waals surface area (Å²) in [5.74, 6) is 0.822. The molecule has 0 fully saturated rings. The lowest BCUT2D eigenvalue weighted by Crippen LogP contribution is -2.31. The highest BCUT2D eigenvalue weighted by molar-refractivity contribution is 7.80. The van der Waals surface area contributed by atoms with E-state index in [0.29, 0.717) is 11.7 Å². The third kappa shape index (κ3) is 6.40. The van der Waals surface area contributed by atoms with E-state index in [0.717, 1.165) is 30.9 Å². The third-order valence-electron chi connectivity index (χ3n) is 2.50. The van der Waals surface area contributed by atoms with Crippen molar-refractivity contribution in [1.29, 1.82) is 0 Å². The summed E-state index contributed by atoms with van der Waals surface area (Å²) in [6.07, 6.45) is 1.06. The first-order valence-corrected chi connectivity index (χ1v) is 6.95. The fourth-order valence-corrected chi connectivity index (χ4v) is 1.83. The van der Waals surface area contributed by atoms with Gasteiger partial charge in [0.2, 0.25) is 0 Å². The lowest BCUT2D eigenvalue weighted by molar-refractivity contribution is 0.342. The van der Waals surface area contributed by atoms with Gasteiger partial charge in [-0.1, -0.05) is 12.1 Å². The molecule has 0 aliphatic rings. The molecule has 2 N–H and O–H groups in total. The summed E-state index contributed by atoms with van der Waals surface area (Å²) < 4.78 is 5.54. The standard InChI is InChI=1S/C14H23N3OS/c1-4-18-13-9-6-5-8-12(13)16-14(19)15-10-7-11-17(2)3/h5-6,8-9H,4,7,10-11H2,1-3H3,(H2,15,16,19). The fraction of sp³-hybridized carbons (Fsp3) is 0.500. The first-order valence-electron chi connectivity index (χ1n) is 6.55. The predicted octanol–water partition coefficient (Wildman–Crippen LogP) is 2.32. The van der Waals surface area contributed by atoms with Crippen molar-refractivity contribution in [3.05, 3.63) is 24.3 Å². The minimum Gasteiger partial charge on any atom is -0.492 e. The smallest absolute Gasteiger partial charge is 0.170 e. The third-order valence-corrected chi connectivity index (χ3v) is 2.75. The van der Waals surface area contributed by atoms with E-state index in [9.17, 15) is 0 Å². The summed E-state index contributed by atoms with van der Waals surface area (Å²) in [6.45, 7) is 4.52. The normalized spacial score (nSPS) is 10.3. The molecule has 0 aromatic heterocycles. The number of hydrogen-bond donors (Lipinski definition) is 2. The second-order valence-electron chi connectivity index (χ2n) is 4.47. The molecule has 0 unspecified atom stereocenters. The Labute approximate surface area is 121 Å². The second-order valence-corrected chi connectivity index (χ2v) is 4.88. The predicted molar refractivity (Wildman–Crippen MR) is 85.0 cm³/mol. The molecular formula is C14H23N3OS. The molecule has 106 valence electrons. The molecule has 0 saturated carbocycles. The summed E-state index contributed by atoms with van der Waals surface area (Å²) in [6, 6.07) is 7.79. The van der Waals surface area contributed by atoms with E-state index in [1.807, 2.05) is 31.2 Å². The van der Waals surface area contributed by atoms with Crippen LogP contribution < -0.4 is 15.4 Å². The van der Waals surface area contributed by atoms with Crippen LogP contribution in [-0.2, 0) is 0 Å². The van der Waals surface area contributed by atoms with Crippen LogP contribution >= 0.6 is 12.2 Å². The molecular weight excluding hydrogens is 258 g/mol. The van der Waals surface area contributed by atoms with Crippen molar-refractivity contribution in [2.24, 2.45) is 0 Å². The van der Waals surface area contributed by atoms with Gasteiger partial charge in [-0.2, -0.15) is 0 Å². The Morgan fingerprint density at radius 1 is 1.32 bits per heavy atom. The van der Waals surface area contributed by atoms with Gasteiger partial charge in [-0.25, -0.2) is 0 Å². The quantitative estimate of drug-likeness (QED) is 0.592. The van der Waals surface area contributed by atoms with Gasteiger partial charge >= 0.3 is 0 Å². The van der Waals surface area contributed by atoms with Crippen LogP contribution in [0.25, 0.3) is 0 Å². The van der Waals surface area contributed by atoms with Crippen LogP contribution in [0.2, 0.25) is 0 Å². The number of thiocarbonyl (C=S) groups is 1. The Balaban J connectivity index is 2.39. The average Bonchev–Trinajstić information content (AvgIpc) is 2.37. The summed E-state index contributed by atoms with van der Waals surface area (Å²) in [5.41, 5.74) is 0.898. The molecule has 1 rings (SSSR count). The molecule has 5 heteroatoms. The van der Waals surface area contributed by atoms with Crippen LogP contribution in [0.3, 0.4) is 0 Å². The summed E-state index contributed by atoms with van der Waals surface area (Å²) >= 11 is 5.27. The zero-order valence-electron chi connectivity index (χ0n) is 11.9. The molecule has 0 spiro atoms. The number of para-hydroxylation sites is 2. The number of rotatable bonds is 7. The molecule has 0 bridgehead atoms. The minimum absolute atomic E-state index is 0.630. The fourth-order valence-electron chi connectivity index (χ4n) is 1.61. The molecule has 0 aliphatic heterocycles. The van der Waals surface area contributed by atoms with Gasteiger partial charge in [0.25, 0.3) is 0 Å². The first-order chi connectivity index (χ1) is 9.13. The Hall–Kier alpha value is -1.33. The van der Waals surface area contributed by atoms with Gasteiger partial charge in [-0.15, -0.1) is 0 Å². The Kier molecular flexibility index (Phi) is 7.22. The number of nitrogens with one attached hydrogen (secondary N) is 2. The Bertz CT molecular complexity index is 396. The van der Waals surface area contributed by atoms with Crippen molar-refractivity contribution in [1.82, 2.24) is 10.2 Å². The first kappa shape index (κ1) is 15.7. The number of anilines is 1. The molecule has 0 saturated heterocycles. The van der Waals surface area contributed by atoms with Crippen LogP contribution in [0.4, 0.5) is 5.69 Å². The van der Waals surface area contributed by atoms with E-state index in [4.69, 9.17) is 17.0 Å². The largest absolute Gasteiger partial charge is 0.492 e. The van der Waals surface area contributed by atoms with E-state index in [2.05, 4.69) is 29.6 Å². The van der Waals surface area contributed by atoms with Gasteiger partial charge in [-0.05, 0) is 58.3 Å². The lowest BCUT2D eigenvalue weighted by atomic mass is 10.3. The Morgan fingerprint density at radius 3 is 2.74 bits per heavy atom. The van der Waals surface area contributed by atoms with E-state index in [1.54, 1.807) is 0 Å². The maximum atomic E-state index is 5.54. The molecule has 1 aromatic rings. The summed E-state index contributed by atoms with van der Waals surface area (Å²) in [7, 11) is 4.13. The van der Waals surface area contributed by atoms with E-state index in [-0.39, 0.29) is 0 Å². The minimum atomic E-state index is 0.630. The van der Waals surface area contributed by atoms with Gasteiger partial charge in [0.15, 0.2) is 5.11 Å². The second kappa shape index (κ2) is 8.72. The molecule has 4 nitrogen and oxygen atoms in total. The van der Waals surface area contributed by atoms with E-state index >= 15 is 0 Å². The molecule has 0 radical (unpaired) electrons. The van der Waals surface area contributed by atoms with Crippen LogP contribution in [0.5, 0.6) is 5.75 Å². The van der Waals surface area contributed by atoms with E-state index in [1.165, 1.54) is 0 Å². The maximum Gasteiger partial charge on any atom is 0.170 e. The van der Waals surface area contributed by atoms with Crippen LogP contribution in [0.1, 0.15) is 13.3 Å². The van der Waals surface area contributed by atoms with Crippen LogP contribution in [0, 0.1) is 0 Å². The highest BCUT2D eigenvalue weighted by atomic mass is 32.1. The Morgan fingerprint density at radius 2 is 2.05 bits per heavy atom. The molecule has 19 heavy (non-hydrogen) atoms. The number of hydrogen-bond acceptors (Lipinski definition) is 3. The van der Waals surface area contributed by atoms with Gasteiger partial charge < -0.3 is 20.3 Å². The van der Waals surface area contributed by atoms with E-state index < -0.39 is 0 Å². The van der Waals surface area contributed by atoms with Crippen molar-refractivity contribution in [3.8, 4) is 5.75 Å². The van der Waals surface area contributed by atoms with Crippen molar-refractivity contribution in [3.63, 3.8) is 0 Å². The SMILES string of the molecule is CCOc1ccccc1NC(=S)NCCCN(C)C. The van der Waals surface area contributed by atoms with Crippen molar-refractivity contribution in [2.45, 2.75) is 13.3 Å². The maximum absolute atomic E-state index is 5.54. The topological polar surface area (TPSA) is 36.5 Å². The number of benzene rings is 1. The van der Waals surface area contributed by atoms with Crippen molar-refractivity contribution < 1.29 is 4.74 Å². The van der Waals surface area contributed by atoms with Crippen LogP contribution in [0.15, 0.2) is 24.3 Å². The summed E-state index contributed by atoms with van der Waals surface area (Å²) in [4.78, 5) is 2.16. The zero-order valence-corrected chi connectivity index (χ0v) is 12.7. The van der Waals surface area contributed by atoms with Crippen molar-refractivity contribution >= 4 is 23.0 Å². The van der Waals surface area contributed by atoms with Gasteiger partial charge in [0.05, 0.1) is 12.3 Å². The van der Waals surface area contributed by atoms with Gasteiger partial charge in [0.1, 0.15) is 5.75 Å². The van der Waals surface area contributed by atoms with Gasteiger partial charge in [-0.3, -0.25) is 0 Å². The molecule has 0 aliphatic carbocycles. The number of ether oxygens (including phenoxy) is 1. The highest BCUT2D eigenvalue weighted by Crippen LogP contribution is 2.23. The summed E-state index contributed by atoms with van der Waals surface area (Å²) in [5, 5.41) is 6.99.